The summed E-state index contributed by atoms with van der Waals surface area (Å²) in [5, 5.41) is 7.13. The van der Waals surface area contributed by atoms with Crippen molar-refractivity contribution in [1.82, 2.24) is 0 Å². The zero-order chi connectivity index (χ0) is 11.2. The minimum absolute atomic E-state index is 0.0180. The lowest BCUT2D eigenvalue weighted by Gasteiger charge is -2.11. The van der Waals surface area contributed by atoms with Gasteiger partial charge in [0, 0.05) is 14.2 Å². The summed E-state index contributed by atoms with van der Waals surface area (Å²) in [5.74, 6) is -1.72. The maximum absolute atomic E-state index is 11.4. The van der Waals surface area contributed by atoms with Crippen LogP contribution in [0, 0.1) is 0 Å². The number of carboxylic acid groups (broad SMARTS) is 1. The summed E-state index contributed by atoms with van der Waals surface area (Å²) in [6.07, 6.45) is 0. The van der Waals surface area contributed by atoms with Crippen LogP contribution in [0.4, 0.5) is 0 Å². The lowest BCUT2D eigenvalue weighted by atomic mass is 10.5. The van der Waals surface area contributed by atoms with Crippen molar-refractivity contribution in [3.8, 4) is 0 Å². The molecule has 0 aliphatic rings. The first-order chi connectivity index (χ1) is 6.45. The second kappa shape index (κ2) is 5.94. The van der Waals surface area contributed by atoms with Crippen molar-refractivity contribution in [2.24, 2.45) is 0 Å². The van der Waals surface area contributed by atoms with Crippen LogP contribution in [0.5, 0.6) is 0 Å². The normalized spacial score (nSPS) is 13.9. The predicted octanol–water partition coefficient (Wildman–Crippen LogP) is -0.853. The summed E-state index contributed by atoms with van der Waals surface area (Å²) < 4.78 is 31.9. The molecular weight excluding hydrogens is 212 g/mol. The number of hydrogen-bond acceptors (Lipinski definition) is 5. The topological polar surface area (TPSA) is 89.9 Å². The lowest BCUT2D eigenvalue weighted by molar-refractivity contribution is -0.137. The van der Waals surface area contributed by atoms with E-state index in [1.165, 1.54) is 14.2 Å². The smallest absolute Gasteiger partial charge is 0.324 e. The van der Waals surface area contributed by atoms with Crippen LogP contribution in [0.2, 0.25) is 0 Å². The second-order valence-electron chi connectivity index (χ2n) is 2.64. The Morgan fingerprint density at radius 3 is 2.29 bits per heavy atom. The van der Waals surface area contributed by atoms with Crippen molar-refractivity contribution in [3.05, 3.63) is 0 Å². The van der Waals surface area contributed by atoms with E-state index < -0.39 is 21.1 Å². The van der Waals surface area contributed by atoms with Crippen molar-refractivity contribution in [1.29, 1.82) is 0 Å². The van der Waals surface area contributed by atoms with Crippen molar-refractivity contribution in [2.75, 3.05) is 33.2 Å². The van der Waals surface area contributed by atoms with E-state index in [4.69, 9.17) is 5.11 Å². The first-order valence-electron chi connectivity index (χ1n) is 3.88. The molecule has 0 bridgehead atoms. The molecule has 0 rings (SSSR count). The van der Waals surface area contributed by atoms with Gasteiger partial charge in [0.15, 0.2) is 15.1 Å². The van der Waals surface area contributed by atoms with E-state index in [9.17, 15) is 13.2 Å². The van der Waals surface area contributed by atoms with E-state index in [0.717, 1.165) is 0 Å². The Labute approximate surface area is 82.7 Å². The molecule has 0 aromatic heterocycles. The Morgan fingerprint density at radius 1 is 1.36 bits per heavy atom. The minimum Gasteiger partial charge on any atom is -0.480 e. The maximum Gasteiger partial charge on any atom is 0.324 e. The fraction of sp³-hybridized carbons (Fsp3) is 0.857. The molecule has 0 saturated heterocycles. The van der Waals surface area contributed by atoms with Gasteiger partial charge in [-0.1, -0.05) is 0 Å². The molecule has 0 spiro atoms. The summed E-state index contributed by atoms with van der Waals surface area (Å²) in [4.78, 5) is 10.6. The Morgan fingerprint density at radius 2 is 1.93 bits per heavy atom. The molecule has 0 radical (unpaired) electrons. The van der Waals surface area contributed by atoms with Crippen molar-refractivity contribution < 1.29 is 27.8 Å². The van der Waals surface area contributed by atoms with Gasteiger partial charge in [-0.05, 0) is 0 Å². The third-order valence-corrected chi connectivity index (χ3v) is 3.54. The van der Waals surface area contributed by atoms with Gasteiger partial charge in [-0.3, -0.25) is 4.79 Å². The third kappa shape index (κ3) is 4.03. The van der Waals surface area contributed by atoms with Gasteiger partial charge >= 0.3 is 5.97 Å². The minimum atomic E-state index is -3.70. The van der Waals surface area contributed by atoms with Crippen LogP contribution in [0.1, 0.15) is 0 Å². The molecule has 14 heavy (non-hydrogen) atoms. The molecule has 84 valence electrons. The molecule has 0 aliphatic carbocycles. The number of carbonyl (C=O) groups is 1. The van der Waals surface area contributed by atoms with Gasteiger partial charge in [-0.2, -0.15) is 0 Å². The predicted molar refractivity (Wildman–Crippen MR) is 49.0 cm³/mol. The highest BCUT2D eigenvalue weighted by Crippen LogP contribution is 2.04. The van der Waals surface area contributed by atoms with Crippen molar-refractivity contribution in [3.63, 3.8) is 0 Å². The summed E-state index contributed by atoms with van der Waals surface area (Å²) in [7, 11) is -1.09. The van der Waals surface area contributed by atoms with Crippen LogP contribution < -0.4 is 0 Å². The summed E-state index contributed by atoms with van der Waals surface area (Å²) in [6.45, 7) is -0.364. The zero-order valence-corrected chi connectivity index (χ0v) is 8.91. The molecule has 0 amide bonds. The first kappa shape index (κ1) is 13.3. The Balaban J connectivity index is 4.55. The molecule has 0 saturated carbocycles. The number of aliphatic carboxylic acids is 1. The summed E-state index contributed by atoms with van der Waals surface area (Å²) in [5.41, 5.74) is 0. The van der Waals surface area contributed by atoms with Crippen molar-refractivity contribution >= 4 is 15.8 Å². The van der Waals surface area contributed by atoms with Crippen LogP contribution in [0.25, 0.3) is 0 Å². The van der Waals surface area contributed by atoms with Crippen LogP contribution in [-0.2, 0) is 24.1 Å². The van der Waals surface area contributed by atoms with Crippen LogP contribution in [0.15, 0.2) is 0 Å². The van der Waals surface area contributed by atoms with Crippen molar-refractivity contribution in [2.45, 2.75) is 5.25 Å². The Bertz CT molecular complexity index is 270. The van der Waals surface area contributed by atoms with Crippen LogP contribution in [-0.4, -0.2) is 57.9 Å². The maximum atomic E-state index is 11.4. The molecule has 7 heteroatoms. The SMILES string of the molecule is COCCS(=O)(=O)C(COC)C(=O)O. The van der Waals surface area contributed by atoms with Gasteiger partial charge in [0.25, 0.3) is 0 Å². The van der Waals surface area contributed by atoms with Gasteiger partial charge < -0.3 is 14.6 Å². The standard InChI is InChI=1S/C7H14O6S/c1-12-3-4-14(10,11)6(5-13-2)7(8)9/h6H,3-5H2,1-2H3,(H,8,9). The number of rotatable bonds is 7. The molecule has 0 aromatic rings. The monoisotopic (exact) mass is 226 g/mol. The number of hydrogen-bond donors (Lipinski definition) is 1. The molecule has 0 heterocycles. The summed E-state index contributed by atoms with van der Waals surface area (Å²) >= 11 is 0. The van der Waals surface area contributed by atoms with Crippen LogP contribution in [0.3, 0.4) is 0 Å². The molecule has 0 aromatic carbocycles. The van der Waals surface area contributed by atoms with E-state index in [0.29, 0.717) is 0 Å². The highest BCUT2D eigenvalue weighted by Gasteiger charge is 2.31. The van der Waals surface area contributed by atoms with E-state index in [-0.39, 0.29) is 19.0 Å². The highest BCUT2D eigenvalue weighted by molar-refractivity contribution is 7.92. The quantitative estimate of drug-likeness (QED) is 0.608. The number of methoxy groups -OCH3 is 2. The lowest BCUT2D eigenvalue weighted by Crippen LogP contribution is -2.36. The third-order valence-electron chi connectivity index (χ3n) is 1.60. The number of sulfone groups is 1. The molecular formula is C7H14O6S. The van der Waals surface area contributed by atoms with Gasteiger partial charge in [-0.15, -0.1) is 0 Å². The molecule has 1 atom stereocenters. The number of ether oxygens (including phenoxy) is 2. The van der Waals surface area contributed by atoms with E-state index in [1.807, 2.05) is 0 Å². The average molecular weight is 226 g/mol. The van der Waals surface area contributed by atoms with E-state index in [1.54, 1.807) is 0 Å². The number of carboxylic acids is 1. The van der Waals surface area contributed by atoms with Gasteiger partial charge in [-0.25, -0.2) is 8.42 Å². The largest absolute Gasteiger partial charge is 0.480 e. The fourth-order valence-corrected chi connectivity index (χ4v) is 2.16. The molecule has 6 nitrogen and oxygen atoms in total. The highest BCUT2D eigenvalue weighted by atomic mass is 32.2. The van der Waals surface area contributed by atoms with Gasteiger partial charge in [0.2, 0.25) is 0 Å². The molecule has 1 unspecified atom stereocenters. The summed E-state index contributed by atoms with van der Waals surface area (Å²) in [6, 6.07) is 0. The van der Waals surface area contributed by atoms with E-state index >= 15 is 0 Å². The van der Waals surface area contributed by atoms with Gasteiger partial charge in [0.1, 0.15) is 0 Å². The fourth-order valence-electron chi connectivity index (χ4n) is 0.822. The molecule has 0 aliphatic heterocycles. The zero-order valence-electron chi connectivity index (χ0n) is 8.10. The molecule has 1 N–H and O–H groups in total. The average Bonchev–Trinajstić information content (AvgIpc) is 2.10. The molecule has 0 fully saturated rings. The Kier molecular flexibility index (Phi) is 5.66. The van der Waals surface area contributed by atoms with E-state index in [2.05, 4.69) is 9.47 Å². The van der Waals surface area contributed by atoms with Crippen LogP contribution >= 0.6 is 0 Å². The van der Waals surface area contributed by atoms with Gasteiger partial charge in [0.05, 0.1) is 19.0 Å². The Hall–Kier alpha value is -0.660. The second-order valence-corrected chi connectivity index (χ2v) is 4.95. The first-order valence-corrected chi connectivity index (χ1v) is 5.59.